The van der Waals surface area contributed by atoms with Crippen LogP contribution in [0.3, 0.4) is 0 Å². The van der Waals surface area contributed by atoms with Gasteiger partial charge in [-0.1, -0.05) is 6.07 Å². The number of carbonyl (C=O) groups excluding carboxylic acids is 3. The Bertz CT molecular complexity index is 831. The van der Waals surface area contributed by atoms with Gasteiger partial charge in [0.05, 0.1) is 12.2 Å². The summed E-state index contributed by atoms with van der Waals surface area (Å²) in [7, 11) is 0. The molecule has 0 bridgehead atoms. The van der Waals surface area contributed by atoms with Gasteiger partial charge in [-0.2, -0.15) is 0 Å². The summed E-state index contributed by atoms with van der Waals surface area (Å²) in [5.74, 6) is -7.20. The van der Waals surface area contributed by atoms with Crippen LogP contribution < -0.4 is 10.6 Å². The van der Waals surface area contributed by atoms with Gasteiger partial charge in [0.2, 0.25) is 5.91 Å². The summed E-state index contributed by atoms with van der Waals surface area (Å²) >= 11 is 0. The third-order valence-electron chi connectivity index (χ3n) is 2.96. The Morgan fingerprint density at radius 2 is 1.77 bits per heavy atom. The van der Waals surface area contributed by atoms with Crippen LogP contribution in [0.25, 0.3) is 0 Å². The van der Waals surface area contributed by atoms with Gasteiger partial charge in [-0.05, 0) is 24.3 Å². The Hall–Kier alpha value is -3.43. The van der Waals surface area contributed by atoms with Crippen LogP contribution in [0.15, 0.2) is 36.5 Å². The van der Waals surface area contributed by atoms with Crippen molar-refractivity contribution < 1.29 is 32.3 Å². The molecule has 0 radical (unpaired) electrons. The van der Waals surface area contributed by atoms with Crippen molar-refractivity contribution in [3.05, 3.63) is 59.7 Å². The lowest BCUT2D eigenvalue weighted by Crippen LogP contribution is -2.35. The number of rotatable bonds is 6. The number of anilines is 1. The summed E-state index contributed by atoms with van der Waals surface area (Å²) in [5.41, 5.74) is -0.573. The zero-order chi connectivity index (χ0) is 19.1. The topological polar surface area (TPSA) is 97.4 Å². The second-order valence-electron chi connectivity index (χ2n) is 4.84. The molecule has 0 aliphatic carbocycles. The fourth-order valence-corrected chi connectivity index (χ4v) is 1.74. The van der Waals surface area contributed by atoms with Crippen LogP contribution in [0, 0.1) is 17.5 Å². The lowest BCUT2D eigenvalue weighted by atomic mass is 10.2. The van der Waals surface area contributed by atoms with E-state index in [1.54, 1.807) is 12.1 Å². The summed E-state index contributed by atoms with van der Waals surface area (Å²) in [6.45, 7) is -1.26. The van der Waals surface area contributed by atoms with E-state index in [0.717, 1.165) is 6.07 Å². The van der Waals surface area contributed by atoms with Gasteiger partial charge in [0.25, 0.3) is 5.91 Å². The van der Waals surface area contributed by atoms with Crippen LogP contribution in [0.4, 0.5) is 18.9 Å². The highest BCUT2D eigenvalue weighted by Gasteiger charge is 2.16. The molecule has 0 unspecified atom stereocenters. The monoisotopic (exact) mass is 367 g/mol. The molecule has 0 saturated carbocycles. The minimum atomic E-state index is -1.73. The molecule has 0 atom stereocenters. The van der Waals surface area contributed by atoms with Gasteiger partial charge < -0.3 is 15.4 Å². The van der Waals surface area contributed by atoms with Gasteiger partial charge in [0, 0.05) is 6.20 Å². The number of pyridine rings is 1. The minimum absolute atomic E-state index is 0.00635. The van der Waals surface area contributed by atoms with Crippen molar-refractivity contribution >= 4 is 23.5 Å². The molecule has 10 heteroatoms. The third-order valence-corrected chi connectivity index (χ3v) is 2.96. The van der Waals surface area contributed by atoms with E-state index in [1.165, 1.54) is 12.3 Å². The predicted molar refractivity (Wildman–Crippen MR) is 82.5 cm³/mol. The van der Waals surface area contributed by atoms with Gasteiger partial charge in [-0.25, -0.2) is 22.9 Å². The number of ether oxygens (including phenoxy) is 1. The summed E-state index contributed by atoms with van der Waals surface area (Å²) in [4.78, 5) is 38.4. The number of hydrogen-bond donors (Lipinski definition) is 2. The Morgan fingerprint density at radius 1 is 1.00 bits per heavy atom. The van der Waals surface area contributed by atoms with Crippen molar-refractivity contribution in [1.82, 2.24) is 10.3 Å². The van der Waals surface area contributed by atoms with Crippen molar-refractivity contribution in [2.45, 2.75) is 0 Å². The molecule has 2 N–H and O–H groups in total. The first-order valence-corrected chi connectivity index (χ1v) is 7.16. The molecule has 1 aromatic carbocycles. The number of amides is 2. The van der Waals surface area contributed by atoms with E-state index >= 15 is 0 Å². The van der Waals surface area contributed by atoms with E-state index in [0.29, 0.717) is 6.07 Å². The van der Waals surface area contributed by atoms with Crippen LogP contribution in [-0.4, -0.2) is 35.9 Å². The molecule has 2 aromatic rings. The maximum Gasteiger partial charge on any atom is 0.357 e. The van der Waals surface area contributed by atoms with E-state index < -0.39 is 54.1 Å². The van der Waals surface area contributed by atoms with Gasteiger partial charge in [0.15, 0.2) is 24.1 Å². The van der Waals surface area contributed by atoms with Gasteiger partial charge >= 0.3 is 5.97 Å². The number of nitrogens with zero attached hydrogens (tertiary/aromatic N) is 1. The molecule has 0 spiro atoms. The second-order valence-corrected chi connectivity index (χ2v) is 4.84. The van der Waals surface area contributed by atoms with Crippen molar-refractivity contribution in [1.29, 1.82) is 0 Å². The molecule has 1 heterocycles. The van der Waals surface area contributed by atoms with Crippen molar-refractivity contribution in [3.63, 3.8) is 0 Å². The maximum absolute atomic E-state index is 13.4. The van der Waals surface area contributed by atoms with Crippen molar-refractivity contribution in [2.75, 3.05) is 18.5 Å². The van der Waals surface area contributed by atoms with Gasteiger partial charge in [0.1, 0.15) is 5.69 Å². The molecule has 7 nitrogen and oxygen atoms in total. The van der Waals surface area contributed by atoms with E-state index in [9.17, 15) is 27.6 Å². The van der Waals surface area contributed by atoms with E-state index in [4.69, 9.17) is 4.74 Å². The number of esters is 1. The predicted octanol–water partition coefficient (Wildman–Crippen LogP) is 1.41. The molecular weight excluding hydrogens is 355 g/mol. The lowest BCUT2D eigenvalue weighted by Gasteiger charge is -2.09. The smallest absolute Gasteiger partial charge is 0.357 e. The largest absolute Gasteiger partial charge is 0.451 e. The van der Waals surface area contributed by atoms with E-state index in [-0.39, 0.29) is 5.69 Å². The number of halogens is 3. The van der Waals surface area contributed by atoms with Crippen LogP contribution >= 0.6 is 0 Å². The zero-order valence-electron chi connectivity index (χ0n) is 13.1. The molecule has 0 aliphatic rings. The van der Waals surface area contributed by atoms with E-state index in [1.807, 2.05) is 5.32 Å². The van der Waals surface area contributed by atoms with Crippen LogP contribution in [-0.2, 0) is 14.3 Å². The van der Waals surface area contributed by atoms with Crippen LogP contribution in [0.1, 0.15) is 10.5 Å². The molecule has 0 aliphatic heterocycles. The first-order chi connectivity index (χ1) is 12.4. The molecule has 2 rings (SSSR count). The Labute approximate surface area is 145 Å². The third kappa shape index (κ3) is 5.03. The zero-order valence-corrected chi connectivity index (χ0v) is 13.1. The molecule has 2 amide bonds. The number of aromatic nitrogens is 1. The number of benzene rings is 1. The second kappa shape index (κ2) is 8.60. The Morgan fingerprint density at radius 3 is 2.46 bits per heavy atom. The van der Waals surface area contributed by atoms with Crippen LogP contribution in [0.5, 0.6) is 0 Å². The van der Waals surface area contributed by atoms with Crippen LogP contribution in [0.2, 0.25) is 0 Å². The van der Waals surface area contributed by atoms with Crippen molar-refractivity contribution in [3.8, 4) is 0 Å². The Kier molecular flexibility index (Phi) is 6.25. The number of hydrogen-bond acceptors (Lipinski definition) is 5. The standard InChI is InChI=1S/C16H12F3N3O4/c17-9-4-5-10(15(19)14(9)18)22-12(23)7-21-13(24)8-26-16(25)11-3-1-2-6-20-11/h1-6H,7-8H2,(H,21,24)(H,22,23). The number of carbonyl (C=O) groups is 3. The van der Waals surface area contributed by atoms with E-state index in [2.05, 4.69) is 10.3 Å². The molecular formula is C16H12F3N3O4. The summed E-state index contributed by atoms with van der Waals surface area (Å²) in [6.07, 6.45) is 1.37. The first-order valence-electron chi connectivity index (χ1n) is 7.16. The highest BCUT2D eigenvalue weighted by molar-refractivity contribution is 5.95. The normalized spacial score (nSPS) is 10.1. The van der Waals surface area contributed by atoms with Gasteiger partial charge in [-0.3, -0.25) is 9.59 Å². The summed E-state index contributed by atoms with van der Waals surface area (Å²) in [5, 5.41) is 4.09. The highest BCUT2D eigenvalue weighted by Crippen LogP contribution is 2.19. The maximum atomic E-state index is 13.4. The molecule has 0 fully saturated rings. The molecule has 136 valence electrons. The lowest BCUT2D eigenvalue weighted by molar-refractivity contribution is -0.126. The highest BCUT2D eigenvalue weighted by atomic mass is 19.2. The molecule has 0 saturated heterocycles. The van der Waals surface area contributed by atoms with Crippen molar-refractivity contribution in [2.24, 2.45) is 0 Å². The summed E-state index contributed by atoms with van der Waals surface area (Å²) in [6, 6.07) is 6.03. The fourth-order valence-electron chi connectivity index (χ4n) is 1.74. The minimum Gasteiger partial charge on any atom is -0.451 e. The average Bonchev–Trinajstić information content (AvgIpc) is 2.65. The SMILES string of the molecule is O=C(COC(=O)c1ccccn1)NCC(=O)Nc1ccc(F)c(F)c1F. The first kappa shape index (κ1) is 18.9. The number of nitrogens with one attached hydrogen (secondary N) is 2. The summed E-state index contributed by atoms with van der Waals surface area (Å²) < 4.78 is 43.9. The quantitative estimate of drug-likeness (QED) is 0.594. The molecule has 26 heavy (non-hydrogen) atoms. The average molecular weight is 367 g/mol. The van der Waals surface area contributed by atoms with Gasteiger partial charge in [-0.15, -0.1) is 0 Å². The molecule has 1 aromatic heterocycles. The fraction of sp³-hybridized carbons (Fsp3) is 0.125. The Balaban J connectivity index is 1.78.